The van der Waals surface area contributed by atoms with Crippen LogP contribution in [0.1, 0.15) is 32.8 Å². The number of rotatable bonds is 8. The highest BCUT2D eigenvalue weighted by atomic mass is 19.1. The van der Waals surface area contributed by atoms with Gasteiger partial charge in [-0.15, -0.1) is 0 Å². The van der Waals surface area contributed by atoms with Gasteiger partial charge >= 0.3 is 5.97 Å². The van der Waals surface area contributed by atoms with Crippen LogP contribution in [0.2, 0.25) is 0 Å². The normalized spacial score (nSPS) is 11.3. The highest BCUT2D eigenvalue weighted by Gasteiger charge is 2.30. The van der Waals surface area contributed by atoms with Gasteiger partial charge in [0, 0.05) is 12.1 Å². The Bertz CT molecular complexity index is 475. The SMILES string of the molecule is CCCNCc1cccc(F)c1OCC(C)(C)C(=O)OC. The molecule has 4 nitrogen and oxygen atoms in total. The van der Waals surface area contributed by atoms with Gasteiger partial charge in [-0.1, -0.05) is 19.1 Å². The van der Waals surface area contributed by atoms with Crippen molar-refractivity contribution >= 4 is 5.97 Å². The number of carbonyl (C=O) groups is 1. The Morgan fingerprint density at radius 2 is 2.10 bits per heavy atom. The van der Waals surface area contributed by atoms with E-state index < -0.39 is 11.2 Å². The minimum Gasteiger partial charge on any atom is -0.489 e. The Labute approximate surface area is 125 Å². The third kappa shape index (κ3) is 5.01. The summed E-state index contributed by atoms with van der Waals surface area (Å²) in [5, 5.41) is 3.21. The molecule has 0 radical (unpaired) electrons. The lowest BCUT2D eigenvalue weighted by Crippen LogP contribution is -2.32. The minimum atomic E-state index is -0.828. The highest BCUT2D eigenvalue weighted by molar-refractivity contribution is 5.75. The lowest BCUT2D eigenvalue weighted by atomic mass is 9.95. The first kappa shape index (κ1) is 17.4. The number of methoxy groups -OCH3 is 1. The van der Waals surface area contributed by atoms with E-state index in [1.54, 1.807) is 19.9 Å². The maximum Gasteiger partial charge on any atom is 0.314 e. The monoisotopic (exact) mass is 297 g/mol. The Morgan fingerprint density at radius 3 is 2.71 bits per heavy atom. The average molecular weight is 297 g/mol. The molecule has 0 unspecified atom stereocenters. The molecule has 0 aliphatic heterocycles. The fraction of sp³-hybridized carbons (Fsp3) is 0.562. The number of nitrogens with one attached hydrogen (secondary N) is 1. The second-order valence-corrected chi connectivity index (χ2v) is 5.57. The standard InChI is InChI=1S/C16H24FNO3/c1-5-9-18-10-12-7-6-8-13(17)14(12)21-11-16(2,3)15(19)20-4/h6-8,18H,5,9-11H2,1-4H3. The van der Waals surface area contributed by atoms with Crippen molar-refractivity contribution in [3.8, 4) is 5.75 Å². The molecule has 21 heavy (non-hydrogen) atoms. The van der Waals surface area contributed by atoms with E-state index in [4.69, 9.17) is 9.47 Å². The molecule has 0 aromatic heterocycles. The van der Waals surface area contributed by atoms with E-state index in [1.165, 1.54) is 13.2 Å². The zero-order chi connectivity index (χ0) is 15.9. The van der Waals surface area contributed by atoms with Crippen molar-refractivity contribution in [3.63, 3.8) is 0 Å². The van der Waals surface area contributed by atoms with Crippen molar-refractivity contribution in [2.45, 2.75) is 33.7 Å². The first-order valence-corrected chi connectivity index (χ1v) is 7.11. The number of benzene rings is 1. The number of hydrogen-bond acceptors (Lipinski definition) is 4. The van der Waals surface area contributed by atoms with Gasteiger partial charge < -0.3 is 14.8 Å². The van der Waals surface area contributed by atoms with Crippen molar-refractivity contribution in [2.75, 3.05) is 20.3 Å². The summed E-state index contributed by atoms with van der Waals surface area (Å²) in [7, 11) is 1.33. The molecule has 0 saturated heterocycles. The van der Waals surface area contributed by atoms with Crippen LogP contribution in [0.3, 0.4) is 0 Å². The van der Waals surface area contributed by atoms with Crippen molar-refractivity contribution < 1.29 is 18.7 Å². The van der Waals surface area contributed by atoms with Gasteiger partial charge in [0.25, 0.3) is 0 Å². The van der Waals surface area contributed by atoms with Gasteiger partial charge in [0.1, 0.15) is 6.61 Å². The molecule has 118 valence electrons. The summed E-state index contributed by atoms with van der Waals surface area (Å²) in [6, 6.07) is 4.81. The number of para-hydroxylation sites is 1. The van der Waals surface area contributed by atoms with Crippen LogP contribution in [0.25, 0.3) is 0 Å². The Hall–Kier alpha value is -1.62. The lowest BCUT2D eigenvalue weighted by Gasteiger charge is -2.23. The first-order chi connectivity index (χ1) is 9.92. The molecule has 0 bridgehead atoms. The summed E-state index contributed by atoms with van der Waals surface area (Å²) in [5.41, 5.74) is -0.0883. The molecule has 0 aliphatic carbocycles. The van der Waals surface area contributed by atoms with Crippen LogP contribution in [0, 0.1) is 11.2 Å². The molecule has 1 rings (SSSR count). The van der Waals surface area contributed by atoms with Crippen LogP contribution >= 0.6 is 0 Å². The maximum atomic E-state index is 13.9. The lowest BCUT2D eigenvalue weighted by molar-refractivity contribution is -0.152. The summed E-state index contributed by atoms with van der Waals surface area (Å²) in [5.74, 6) is -0.617. The third-order valence-electron chi connectivity index (χ3n) is 3.11. The highest BCUT2D eigenvalue weighted by Crippen LogP contribution is 2.26. The predicted octanol–water partition coefficient (Wildman–Crippen LogP) is 2.90. The zero-order valence-corrected chi connectivity index (χ0v) is 13.2. The zero-order valence-electron chi connectivity index (χ0n) is 13.2. The number of halogens is 1. The van der Waals surface area contributed by atoms with Gasteiger partial charge in [0.15, 0.2) is 11.6 Å². The van der Waals surface area contributed by atoms with Crippen LogP contribution < -0.4 is 10.1 Å². The molecule has 0 heterocycles. The van der Waals surface area contributed by atoms with Gasteiger partial charge in [-0.3, -0.25) is 4.79 Å². The van der Waals surface area contributed by atoms with Crippen LogP contribution in [0.5, 0.6) is 5.75 Å². The summed E-state index contributed by atoms with van der Waals surface area (Å²) in [6.45, 7) is 6.91. The van der Waals surface area contributed by atoms with Gasteiger partial charge in [0.05, 0.1) is 12.5 Å². The molecular weight excluding hydrogens is 273 g/mol. The minimum absolute atomic E-state index is 0.0569. The van der Waals surface area contributed by atoms with E-state index in [9.17, 15) is 9.18 Å². The molecule has 0 atom stereocenters. The predicted molar refractivity (Wildman–Crippen MR) is 79.7 cm³/mol. The van der Waals surface area contributed by atoms with Gasteiger partial charge in [-0.25, -0.2) is 4.39 Å². The van der Waals surface area contributed by atoms with Crippen LogP contribution in [-0.4, -0.2) is 26.2 Å². The van der Waals surface area contributed by atoms with E-state index in [0.717, 1.165) is 18.5 Å². The van der Waals surface area contributed by atoms with Crippen molar-refractivity contribution in [2.24, 2.45) is 5.41 Å². The number of esters is 1. The molecule has 0 aliphatic rings. The van der Waals surface area contributed by atoms with Crippen LogP contribution in [0.4, 0.5) is 4.39 Å². The Kier molecular flexibility index (Phi) is 6.62. The van der Waals surface area contributed by atoms with Gasteiger partial charge in [-0.2, -0.15) is 0 Å². The Morgan fingerprint density at radius 1 is 1.38 bits per heavy atom. The molecule has 1 N–H and O–H groups in total. The molecule has 0 saturated carbocycles. The second-order valence-electron chi connectivity index (χ2n) is 5.57. The fourth-order valence-corrected chi connectivity index (χ4v) is 1.84. The maximum absolute atomic E-state index is 13.9. The second kappa shape index (κ2) is 7.98. The van der Waals surface area contributed by atoms with E-state index in [1.807, 2.05) is 6.07 Å². The molecule has 0 fully saturated rings. The van der Waals surface area contributed by atoms with Crippen LogP contribution in [0.15, 0.2) is 18.2 Å². The first-order valence-electron chi connectivity index (χ1n) is 7.11. The average Bonchev–Trinajstić information content (AvgIpc) is 2.45. The molecule has 1 aromatic rings. The third-order valence-corrected chi connectivity index (χ3v) is 3.11. The summed E-state index contributed by atoms with van der Waals surface area (Å²) < 4.78 is 24.2. The smallest absolute Gasteiger partial charge is 0.314 e. The van der Waals surface area contributed by atoms with E-state index in [0.29, 0.717) is 6.54 Å². The summed E-state index contributed by atoms with van der Waals surface area (Å²) >= 11 is 0. The molecule has 0 spiro atoms. The van der Waals surface area contributed by atoms with E-state index in [2.05, 4.69) is 12.2 Å². The Balaban J connectivity index is 2.79. The largest absolute Gasteiger partial charge is 0.489 e. The van der Waals surface area contributed by atoms with Crippen molar-refractivity contribution in [3.05, 3.63) is 29.6 Å². The quantitative estimate of drug-likeness (QED) is 0.592. The molecule has 5 heteroatoms. The summed E-state index contributed by atoms with van der Waals surface area (Å²) in [6.07, 6.45) is 1.00. The number of hydrogen-bond donors (Lipinski definition) is 1. The molecule has 0 amide bonds. The van der Waals surface area contributed by atoms with Gasteiger partial charge in [-0.05, 0) is 32.9 Å². The fourth-order valence-electron chi connectivity index (χ4n) is 1.84. The van der Waals surface area contributed by atoms with Crippen LogP contribution in [-0.2, 0) is 16.1 Å². The van der Waals surface area contributed by atoms with E-state index >= 15 is 0 Å². The number of carbonyl (C=O) groups excluding carboxylic acids is 1. The van der Waals surface area contributed by atoms with Crippen molar-refractivity contribution in [1.29, 1.82) is 0 Å². The van der Waals surface area contributed by atoms with Crippen molar-refractivity contribution in [1.82, 2.24) is 5.32 Å². The number of ether oxygens (including phenoxy) is 2. The van der Waals surface area contributed by atoms with Gasteiger partial charge in [0.2, 0.25) is 0 Å². The molecule has 1 aromatic carbocycles. The topological polar surface area (TPSA) is 47.6 Å². The van der Waals surface area contributed by atoms with E-state index in [-0.39, 0.29) is 18.3 Å². The summed E-state index contributed by atoms with van der Waals surface area (Å²) in [4.78, 5) is 11.6. The molecular formula is C16H24FNO3.